The Morgan fingerprint density at radius 3 is 2.26 bits per heavy atom. The molecule has 180 valence electrons. The summed E-state index contributed by atoms with van der Waals surface area (Å²) in [5.41, 5.74) is 1.99. The van der Waals surface area contributed by atoms with E-state index in [4.69, 9.17) is 4.74 Å². The highest BCUT2D eigenvalue weighted by Gasteiger charge is 2.47. The van der Waals surface area contributed by atoms with Crippen LogP contribution in [0.4, 0.5) is 10.1 Å². The number of carbonyl (C=O) groups excluding carboxylic acids is 2. The van der Waals surface area contributed by atoms with Crippen LogP contribution in [0.2, 0.25) is 0 Å². The molecule has 0 saturated carbocycles. The first kappa shape index (κ1) is 24.2. The van der Waals surface area contributed by atoms with Crippen LogP contribution in [0.3, 0.4) is 0 Å². The molecule has 35 heavy (non-hydrogen) atoms. The first-order valence-electron chi connectivity index (χ1n) is 11.5. The number of rotatable bonds is 5. The molecule has 1 N–H and O–H groups in total. The van der Waals surface area contributed by atoms with Crippen molar-refractivity contribution in [2.75, 3.05) is 11.5 Å². The molecule has 0 aromatic heterocycles. The molecule has 1 amide bonds. The number of hydrogen-bond donors (Lipinski definition) is 1. The highest BCUT2D eigenvalue weighted by Crippen LogP contribution is 2.43. The molecule has 1 aliphatic rings. The number of halogens is 1. The Balaban J connectivity index is 1.93. The molecule has 1 saturated heterocycles. The van der Waals surface area contributed by atoms with Crippen LogP contribution in [0.1, 0.15) is 50.4 Å². The number of ketones is 1. The fourth-order valence-corrected chi connectivity index (χ4v) is 4.35. The third kappa shape index (κ3) is 4.56. The lowest BCUT2D eigenvalue weighted by atomic mass is 9.84. The van der Waals surface area contributed by atoms with E-state index < -0.39 is 23.5 Å². The zero-order chi connectivity index (χ0) is 25.3. The lowest BCUT2D eigenvalue weighted by Crippen LogP contribution is -2.29. The number of hydrogen-bond acceptors (Lipinski definition) is 4. The Morgan fingerprint density at radius 1 is 1.00 bits per heavy atom. The van der Waals surface area contributed by atoms with E-state index in [-0.39, 0.29) is 16.7 Å². The van der Waals surface area contributed by atoms with Crippen molar-refractivity contribution in [2.24, 2.45) is 0 Å². The van der Waals surface area contributed by atoms with E-state index in [0.29, 0.717) is 29.2 Å². The quantitative estimate of drug-likeness (QED) is 0.274. The molecular weight excluding hydrogens is 445 g/mol. The Bertz CT molecular complexity index is 1290. The van der Waals surface area contributed by atoms with E-state index in [1.54, 1.807) is 42.5 Å². The maximum absolute atomic E-state index is 13.6. The number of Topliss-reactive ketones (excluding diaryl/α,β-unsaturated/α-hetero) is 1. The lowest BCUT2D eigenvalue weighted by molar-refractivity contribution is -0.132. The van der Waals surface area contributed by atoms with Crippen LogP contribution in [0.5, 0.6) is 5.75 Å². The first-order valence-corrected chi connectivity index (χ1v) is 11.5. The van der Waals surface area contributed by atoms with Crippen molar-refractivity contribution in [3.63, 3.8) is 0 Å². The molecule has 1 unspecified atom stereocenters. The van der Waals surface area contributed by atoms with Gasteiger partial charge in [-0.2, -0.15) is 0 Å². The Labute approximate surface area is 204 Å². The second-order valence-electron chi connectivity index (χ2n) is 9.45. The van der Waals surface area contributed by atoms with E-state index >= 15 is 0 Å². The van der Waals surface area contributed by atoms with Gasteiger partial charge in [0, 0.05) is 16.8 Å². The van der Waals surface area contributed by atoms with Crippen LogP contribution in [-0.4, -0.2) is 23.4 Å². The van der Waals surface area contributed by atoms with Gasteiger partial charge in [-0.3, -0.25) is 14.5 Å². The maximum Gasteiger partial charge on any atom is 0.300 e. The Hall–Kier alpha value is -3.93. The highest BCUT2D eigenvalue weighted by atomic mass is 19.1. The molecule has 1 aliphatic heterocycles. The molecule has 0 radical (unpaired) electrons. The van der Waals surface area contributed by atoms with Gasteiger partial charge in [0.05, 0.1) is 18.2 Å². The number of carbonyl (C=O) groups is 2. The van der Waals surface area contributed by atoms with Gasteiger partial charge in [-0.15, -0.1) is 0 Å². The molecular formula is C29H28FNO4. The molecule has 3 aromatic carbocycles. The minimum atomic E-state index is -0.869. The van der Waals surface area contributed by atoms with E-state index in [0.717, 1.165) is 5.56 Å². The van der Waals surface area contributed by atoms with Crippen molar-refractivity contribution in [1.29, 1.82) is 0 Å². The SMILES string of the molecule is CCOc1ccc(/C(O)=C2/C(=O)C(=O)N(c3ccc(F)cc3)C2c2ccccc2)cc1C(C)(C)C. The van der Waals surface area contributed by atoms with Crippen molar-refractivity contribution in [2.45, 2.75) is 39.2 Å². The summed E-state index contributed by atoms with van der Waals surface area (Å²) in [5, 5.41) is 11.4. The number of amides is 1. The van der Waals surface area contributed by atoms with Crippen LogP contribution in [-0.2, 0) is 15.0 Å². The minimum absolute atomic E-state index is 0.0189. The van der Waals surface area contributed by atoms with Gasteiger partial charge < -0.3 is 9.84 Å². The number of ether oxygens (including phenoxy) is 1. The van der Waals surface area contributed by atoms with Gasteiger partial charge in [0.15, 0.2) is 0 Å². The van der Waals surface area contributed by atoms with Gasteiger partial charge in [-0.25, -0.2) is 4.39 Å². The molecule has 0 aliphatic carbocycles. The summed E-state index contributed by atoms with van der Waals surface area (Å²) in [7, 11) is 0. The van der Waals surface area contributed by atoms with Crippen LogP contribution in [0.15, 0.2) is 78.4 Å². The average molecular weight is 474 g/mol. The fraction of sp³-hybridized carbons (Fsp3) is 0.241. The summed E-state index contributed by atoms with van der Waals surface area (Å²) in [6.07, 6.45) is 0. The molecule has 4 rings (SSSR count). The van der Waals surface area contributed by atoms with E-state index in [1.807, 2.05) is 33.8 Å². The Kier molecular flexibility index (Phi) is 6.48. The van der Waals surface area contributed by atoms with Crippen molar-refractivity contribution in [3.05, 3.63) is 101 Å². The molecule has 1 atom stereocenters. The van der Waals surface area contributed by atoms with Gasteiger partial charge >= 0.3 is 0 Å². The molecule has 5 nitrogen and oxygen atoms in total. The maximum atomic E-state index is 13.6. The normalized spacial score (nSPS) is 17.6. The van der Waals surface area contributed by atoms with Crippen molar-refractivity contribution in [3.8, 4) is 5.75 Å². The van der Waals surface area contributed by atoms with Crippen LogP contribution >= 0.6 is 0 Å². The van der Waals surface area contributed by atoms with Crippen molar-refractivity contribution >= 4 is 23.1 Å². The van der Waals surface area contributed by atoms with E-state index in [9.17, 15) is 19.1 Å². The van der Waals surface area contributed by atoms with Crippen molar-refractivity contribution in [1.82, 2.24) is 0 Å². The molecule has 0 spiro atoms. The van der Waals surface area contributed by atoms with E-state index in [1.165, 1.54) is 29.2 Å². The summed E-state index contributed by atoms with van der Waals surface area (Å²) in [5.74, 6) is -1.61. The molecule has 6 heteroatoms. The predicted molar refractivity (Wildman–Crippen MR) is 134 cm³/mol. The number of benzene rings is 3. The number of nitrogens with zero attached hydrogens (tertiary/aromatic N) is 1. The number of anilines is 1. The monoisotopic (exact) mass is 473 g/mol. The summed E-state index contributed by atoms with van der Waals surface area (Å²) in [6, 6.07) is 18.8. The molecule has 0 bridgehead atoms. The zero-order valence-electron chi connectivity index (χ0n) is 20.2. The first-order chi connectivity index (χ1) is 16.6. The van der Waals surface area contributed by atoms with Gasteiger partial charge in [-0.1, -0.05) is 51.1 Å². The summed E-state index contributed by atoms with van der Waals surface area (Å²) >= 11 is 0. The lowest BCUT2D eigenvalue weighted by Gasteiger charge is -2.26. The second kappa shape index (κ2) is 9.37. The molecule has 3 aromatic rings. The minimum Gasteiger partial charge on any atom is -0.507 e. The third-order valence-corrected chi connectivity index (χ3v) is 6.03. The average Bonchev–Trinajstić information content (AvgIpc) is 3.10. The van der Waals surface area contributed by atoms with Crippen LogP contribution in [0.25, 0.3) is 5.76 Å². The zero-order valence-corrected chi connectivity index (χ0v) is 20.2. The number of aliphatic hydroxyl groups excluding tert-OH is 1. The van der Waals surface area contributed by atoms with Gasteiger partial charge in [0.1, 0.15) is 17.3 Å². The summed E-state index contributed by atoms with van der Waals surface area (Å²) < 4.78 is 19.4. The third-order valence-electron chi connectivity index (χ3n) is 6.03. The summed E-state index contributed by atoms with van der Waals surface area (Å²) in [4.78, 5) is 27.8. The smallest absolute Gasteiger partial charge is 0.300 e. The standard InChI is InChI=1S/C29H28FNO4/c1-5-35-23-16-11-19(17-22(23)29(2,3)4)26(32)24-25(18-9-7-6-8-10-18)31(28(34)27(24)33)21-14-12-20(30)13-15-21/h6-17,25,32H,5H2,1-4H3/b26-24-. The fourth-order valence-electron chi connectivity index (χ4n) is 4.35. The van der Waals surface area contributed by atoms with Gasteiger partial charge in [0.25, 0.3) is 11.7 Å². The highest BCUT2D eigenvalue weighted by molar-refractivity contribution is 6.51. The van der Waals surface area contributed by atoms with Gasteiger partial charge in [0.2, 0.25) is 0 Å². The second-order valence-corrected chi connectivity index (χ2v) is 9.45. The van der Waals surface area contributed by atoms with Gasteiger partial charge in [-0.05, 0) is 60.4 Å². The predicted octanol–water partition coefficient (Wildman–Crippen LogP) is 6.15. The Morgan fingerprint density at radius 2 is 1.66 bits per heavy atom. The summed E-state index contributed by atoms with van der Waals surface area (Å²) in [6.45, 7) is 8.49. The number of aliphatic hydroxyl groups is 1. The van der Waals surface area contributed by atoms with Crippen molar-refractivity contribution < 1.29 is 23.8 Å². The van der Waals surface area contributed by atoms with Crippen LogP contribution in [0, 0.1) is 5.82 Å². The largest absolute Gasteiger partial charge is 0.507 e. The van der Waals surface area contributed by atoms with E-state index in [2.05, 4.69) is 0 Å². The molecule has 1 heterocycles. The van der Waals surface area contributed by atoms with Crippen LogP contribution < -0.4 is 9.64 Å². The molecule has 1 fully saturated rings. The topological polar surface area (TPSA) is 66.8 Å².